The number of aliphatic imine (C=N–C) groups is 1. The maximum absolute atomic E-state index is 5.73. The van der Waals surface area contributed by atoms with Crippen LogP contribution in [0.25, 0.3) is 0 Å². The van der Waals surface area contributed by atoms with Gasteiger partial charge in [-0.3, -0.25) is 9.89 Å². The summed E-state index contributed by atoms with van der Waals surface area (Å²) in [6.07, 6.45) is 3.83. The Bertz CT molecular complexity index is 537. The van der Waals surface area contributed by atoms with E-state index in [4.69, 9.17) is 4.74 Å². The van der Waals surface area contributed by atoms with Crippen LogP contribution >= 0.6 is 11.3 Å². The first-order chi connectivity index (χ1) is 11.8. The number of thiophene rings is 1. The summed E-state index contributed by atoms with van der Waals surface area (Å²) in [5, 5.41) is 5.77. The largest absolute Gasteiger partial charge is 0.378 e. The predicted octanol–water partition coefficient (Wildman–Crippen LogP) is 2.18. The molecule has 0 unspecified atom stereocenters. The van der Waals surface area contributed by atoms with E-state index in [1.165, 1.54) is 18.5 Å². The average molecular weight is 351 g/mol. The van der Waals surface area contributed by atoms with Crippen molar-refractivity contribution in [2.75, 3.05) is 46.4 Å². The zero-order chi connectivity index (χ0) is 16.8. The normalized spacial score (nSPS) is 20.2. The highest BCUT2D eigenvalue weighted by atomic mass is 32.1. The third kappa shape index (κ3) is 4.49. The fourth-order valence-electron chi connectivity index (χ4n) is 3.63. The molecule has 6 heteroatoms. The Kier molecular flexibility index (Phi) is 6.51. The molecule has 1 N–H and O–H groups in total. The van der Waals surface area contributed by atoms with Crippen LogP contribution in [0.3, 0.4) is 0 Å². The van der Waals surface area contributed by atoms with E-state index < -0.39 is 0 Å². The van der Waals surface area contributed by atoms with Gasteiger partial charge in [0.1, 0.15) is 0 Å². The molecule has 0 amide bonds. The summed E-state index contributed by atoms with van der Waals surface area (Å²) < 4.78 is 5.73. The lowest BCUT2D eigenvalue weighted by molar-refractivity contribution is 0.0263. The molecule has 0 spiro atoms. The van der Waals surface area contributed by atoms with Gasteiger partial charge in [0, 0.05) is 57.8 Å². The summed E-state index contributed by atoms with van der Waals surface area (Å²) in [4.78, 5) is 10.9. The molecule has 2 aliphatic rings. The summed E-state index contributed by atoms with van der Waals surface area (Å²) in [5.41, 5.74) is 1.52. The van der Waals surface area contributed by atoms with Gasteiger partial charge in [0.2, 0.25) is 0 Å². The smallest absolute Gasteiger partial charge is 0.193 e. The van der Waals surface area contributed by atoms with Gasteiger partial charge in [0.05, 0.1) is 6.10 Å². The Morgan fingerprint density at radius 3 is 2.96 bits per heavy atom. The van der Waals surface area contributed by atoms with Crippen molar-refractivity contribution in [1.82, 2.24) is 15.1 Å². The van der Waals surface area contributed by atoms with Gasteiger partial charge in [0.25, 0.3) is 0 Å². The number of rotatable bonds is 5. The first-order valence-electron chi connectivity index (χ1n) is 9.15. The maximum atomic E-state index is 5.73. The van der Waals surface area contributed by atoms with Crippen molar-refractivity contribution >= 4 is 17.3 Å². The third-order valence-electron chi connectivity index (χ3n) is 4.95. The number of hydrogen-bond donors (Lipinski definition) is 1. The summed E-state index contributed by atoms with van der Waals surface area (Å²) >= 11 is 1.90. The molecule has 0 aromatic carbocycles. The number of nitrogens with zero attached hydrogens (tertiary/aromatic N) is 3. The van der Waals surface area contributed by atoms with E-state index in [9.17, 15) is 0 Å². The third-order valence-corrected chi connectivity index (χ3v) is 5.98. The lowest BCUT2D eigenvalue weighted by Crippen LogP contribution is -2.48. The van der Waals surface area contributed by atoms with E-state index in [-0.39, 0.29) is 0 Å². The summed E-state index contributed by atoms with van der Waals surface area (Å²) in [6, 6.07) is 2.28. The van der Waals surface area contributed by atoms with Crippen LogP contribution in [-0.2, 0) is 17.7 Å². The number of ether oxygens (including phenoxy) is 1. The Labute approximate surface area is 149 Å². The molecule has 1 aromatic heterocycles. The monoisotopic (exact) mass is 350 g/mol. The molecular formula is C18H30N4OS. The molecule has 0 radical (unpaired) electrons. The molecule has 2 aliphatic heterocycles. The molecule has 5 nitrogen and oxygen atoms in total. The van der Waals surface area contributed by atoms with Gasteiger partial charge >= 0.3 is 0 Å². The van der Waals surface area contributed by atoms with Gasteiger partial charge in [0.15, 0.2) is 5.96 Å². The Morgan fingerprint density at radius 2 is 2.21 bits per heavy atom. The van der Waals surface area contributed by atoms with Crippen molar-refractivity contribution in [3.05, 3.63) is 21.9 Å². The van der Waals surface area contributed by atoms with E-state index in [1.54, 1.807) is 4.88 Å². The molecule has 0 aliphatic carbocycles. The summed E-state index contributed by atoms with van der Waals surface area (Å²) in [5.74, 6) is 1.04. The van der Waals surface area contributed by atoms with Gasteiger partial charge in [-0.2, -0.15) is 0 Å². The standard InChI is InChI=1S/C18H30N4OS/c1-3-23-16-4-10-22(11-5-16)18(19-2)20-8-12-21-9-6-17-15(14-21)7-13-24-17/h7,13,16H,3-6,8-12,14H2,1-2H3,(H,19,20). The van der Waals surface area contributed by atoms with E-state index in [1.807, 2.05) is 18.4 Å². The topological polar surface area (TPSA) is 40.1 Å². The summed E-state index contributed by atoms with van der Waals surface area (Å²) in [6.45, 7) is 9.26. The molecule has 0 atom stereocenters. The van der Waals surface area contributed by atoms with Crippen molar-refractivity contribution < 1.29 is 4.74 Å². The van der Waals surface area contributed by atoms with E-state index in [0.717, 1.165) is 58.1 Å². The fraction of sp³-hybridized carbons (Fsp3) is 0.722. The predicted molar refractivity (Wildman–Crippen MR) is 101 cm³/mol. The molecule has 134 valence electrons. The van der Waals surface area contributed by atoms with Gasteiger partial charge in [-0.25, -0.2) is 0 Å². The van der Waals surface area contributed by atoms with E-state index in [2.05, 4.69) is 38.5 Å². The molecule has 3 heterocycles. The molecule has 0 bridgehead atoms. The number of guanidine groups is 1. The van der Waals surface area contributed by atoms with Crippen LogP contribution in [0.4, 0.5) is 0 Å². The van der Waals surface area contributed by atoms with Crippen molar-refractivity contribution in [2.24, 2.45) is 4.99 Å². The maximum Gasteiger partial charge on any atom is 0.193 e. The van der Waals surface area contributed by atoms with Crippen molar-refractivity contribution in [3.8, 4) is 0 Å². The molecule has 1 fully saturated rings. The highest BCUT2D eigenvalue weighted by Crippen LogP contribution is 2.23. The first-order valence-corrected chi connectivity index (χ1v) is 10.0. The van der Waals surface area contributed by atoms with Crippen LogP contribution in [-0.4, -0.2) is 68.2 Å². The Balaban J connectivity index is 1.39. The van der Waals surface area contributed by atoms with Crippen LogP contribution in [0, 0.1) is 0 Å². The van der Waals surface area contributed by atoms with Crippen LogP contribution in [0.2, 0.25) is 0 Å². The SMILES string of the molecule is CCOC1CCN(C(=NC)NCCN2CCc3sccc3C2)CC1. The minimum absolute atomic E-state index is 0.428. The zero-order valence-corrected chi connectivity index (χ0v) is 15.8. The molecule has 24 heavy (non-hydrogen) atoms. The number of nitrogens with one attached hydrogen (secondary N) is 1. The minimum atomic E-state index is 0.428. The van der Waals surface area contributed by atoms with Gasteiger partial charge < -0.3 is 15.0 Å². The fourth-order valence-corrected chi connectivity index (χ4v) is 4.52. The molecule has 0 saturated carbocycles. The number of likely N-dealkylation sites (tertiary alicyclic amines) is 1. The van der Waals surface area contributed by atoms with Crippen molar-refractivity contribution in [2.45, 2.75) is 38.8 Å². The molecule has 1 aromatic rings. The Hall–Kier alpha value is -1.11. The number of fused-ring (bicyclic) bond motifs is 1. The second-order valence-corrected chi connectivity index (χ2v) is 7.51. The second kappa shape index (κ2) is 8.83. The van der Waals surface area contributed by atoms with Gasteiger partial charge in [-0.05, 0) is 43.2 Å². The van der Waals surface area contributed by atoms with Crippen LogP contribution in [0.15, 0.2) is 16.4 Å². The molecule has 1 saturated heterocycles. The number of hydrogen-bond acceptors (Lipinski definition) is 4. The lowest BCUT2D eigenvalue weighted by atomic mass is 10.1. The van der Waals surface area contributed by atoms with Crippen LogP contribution < -0.4 is 5.32 Å². The second-order valence-electron chi connectivity index (χ2n) is 6.51. The first kappa shape index (κ1) is 17.7. The highest BCUT2D eigenvalue weighted by molar-refractivity contribution is 7.10. The molecule has 3 rings (SSSR count). The summed E-state index contributed by atoms with van der Waals surface area (Å²) in [7, 11) is 1.88. The lowest BCUT2D eigenvalue weighted by Gasteiger charge is -2.34. The minimum Gasteiger partial charge on any atom is -0.378 e. The molecular weight excluding hydrogens is 320 g/mol. The van der Waals surface area contributed by atoms with Gasteiger partial charge in [-0.15, -0.1) is 11.3 Å². The van der Waals surface area contributed by atoms with Crippen LogP contribution in [0.1, 0.15) is 30.2 Å². The van der Waals surface area contributed by atoms with Gasteiger partial charge in [-0.1, -0.05) is 0 Å². The van der Waals surface area contributed by atoms with Crippen LogP contribution in [0.5, 0.6) is 0 Å². The van der Waals surface area contributed by atoms with Crippen molar-refractivity contribution in [1.29, 1.82) is 0 Å². The Morgan fingerprint density at radius 1 is 1.38 bits per heavy atom. The quantitative estimate of drug-likeness (QED) is 0.653. The highest BCUT2D eigenvalue weighted by Gasteiger charge is 2.22. The number of piperidine rings is 1. The van der Waals surface area contributed by atoms with E-state index in [0.29, 0.717) is 6.10 Å². The average Bonchev–Trinajstić information content (AvgIpc) is 3.08. The van der Waals surface area contributed by atoms with E-state index >= 15 is 0 Å². The zero-order valence-electron chi connectivity index (χ0n) is 15.0. The van der Waals surface area contributed by atoms with Crippen molar-refractivity contribution in [3.63, 3.8) is 0 Å².